The van der Waals surface area contributed by atoms with E-state index in [0.717, 1.165) is 35.1 Å². The van der Waals surface area contributed by atoms with Gasteiger partial charge in [0.25, 0.3) is 5.91 Å². The van der Waals surface area contributed by atoms with Gasteiger partial charge in [-0.25, -0.2) is 0 Å². The van der Waals surface area contributed by atoms with Gasteiger partial charge in [-0.05, 0) is 51.2 Å². The Labute approximate surface area is 120 Å². The van der Waals surface area contributed by atoms with E-state index in [1.807, 2.05) is 45.1 Å². The number of amides is 1. The third-order valence-electron chi connectivity index (χ3n) is 3.87. The van der Waals surface area contributed by atoms with Crippen LogP contribution >= 0.6 is 0 Å². The number of hydrogen-bond donors (Lipinski definition) is 2. The highest BCUT2D eigenvalue weighted by atomic mass is 16.3. The molecule has 1 atom stereocenters. The van der Waals surface area contributed by atoms with Crippen molar-refractivity contribution in [2.45, 2.75) is 45.6 Å². The van der Waals surface area contributed by atoms with Gasteiger partial charge in [-0.15, -0.1) is 0 Å². The summed E-state index contributed by atoms with van der Waals surface area (Å²) in [6.07, 6.45) is 6.47. The molecule has 1 aliphatic carbocycles. The minimum Gasteiger partial charge on any atom is -0.384 e. The number of carbonyl (C=O) groups excluding carboxylic acids is 1. The molecule has 3 heteroatoms. The van der Waals surface area contributed by atoms with Gasteiger partial charge in [0.1, 0.15) is 0 Å². The SMILES string of the molecule is Cc1cc(C)c(C(=O)NC[C@]2(O)C=CCCC2)c(C)c1. The largest absolute Gasteiger partial charge is 0.384 e. The summed E-state index contributed by atoms with van der Waals surface area (Å²) in [6, 6.07) is 4.02. The molecule has 0 unspecified atom stereocenters. The van der Waals surface area contributed by atoms with Crippen LogP contribution in [-0.2, 0) is 0 Å². The Balaban J connectivity index is 2.09. The van der Waals surface area contributed by atoms with Gasteiger partial charge in [0.05, 0.1) is 12.1 Å². The zero-order valence-corrected chi connectivity index (χ0v) is 12.5. The number of aliphatic hydroxyl groups is 1. The fourth-order valence-electron chi connectivity index (χ4n) is 2.92. The van der Waals surface area contributed by atoms with E-state index in [9.17, 15) is 9.90 Å². The number of benzene rings is 1. The molecule has 1 aliphatic rings. The van der Waals surface area contributed by atoms with E-state index < -0.39 is 5.60 Å². The molecule has 3 nitrogen and oxygen atoms in total. The van der Waals surface area contributed by atoms with Crippen LogP contribution in [0.4, 0.5) is 0 Å². The maximum atomic E-state index is 12.3. The zero-order valence-electron chi connectivity index (χ0n) is 12.5. The Morgan fingerprint density at radius 1 is 1.30 bits per heavy atom. The van der Waals surface area contributed by atoms with Crippen LogP contribution < -0.4 is 5.32 Å². The van der Waals surface area contributed by atoms with Crippen molar-refractivity contribution < 1.29 is 9.90 Å². The molecule has 2 N–H and O–H groups in total. The lowest BCUT2D eigenvalue weighted by molar-refractivity contribution is 0.0659. The quantitative estimate of drug-likeness (QED) is 0.832. The second-order valence-electron chi connectivity index (χ2n) is 5.85. The van der Waals surface area contributed by atoms with E-state index >= 15 is 0 Å². The van der Waals surface area contributed by atoms with Crippen LogP contribution in [0.25, 0.3) is 0 Å². The highest BCUT2D eigenvalue weighted by Crippen LogP contribution is 2.22. The molecule has 0 aromatic heterocycles. The molecule has 2 rings (SSSR count). The number of aryl methyl sites for hydroxylation is 3. The van der Waals surface area contributed by atoms with Crippen molar-refractivity contribution >= 4 is 5.91 Å². The molecule has 0 fully saturated rings. The molecular formula is C17H23NO2. The molecule has 1 aromatic rings. The third kappa shape index (κ3) is 3.28. The van der Waals surface area contributed by atoms with Crippen molar-refractivity contribution in [2.75, 3.05) is 6.54 Å². The summed E-state index contributed by atoms with van der Waals surface area (Å²) in [5.41, 5.74) is 2.95. The Hall–Kier alpha value is -1.61. The third-order valence-corrected chi connectivity index (χ3v) is 3.87. The minimum absolute atomic E-state index is 0.104. The van der Waals surface area contributed by atoms with Crippen LogP contribution in [-0.4, -0.2) is 23.2 Å². The van der Waals surface area contributed by atoms with Gasteiger partial charge in [-0.3, -0.25) is 4.79 Å². The highest BCUT2D eigenvalue weighted by molar-refractivity contribution is 5.97. The van der Waals surface area contributed by atoms with Gasteiger partial charge in [0.15, 0.2) is 0 Å². The second-order valence-corrected chi connectivity index (χ2v) is 5.85. The summed E-state index contributed by atoms with van der Waals surface area (Å²) < 4.78 is 0. The topological polar surface area (TPSA) is 49.3 Å². The second kappa shape index (κ2) is 5.80. The smallest absolute Gasteiger partial charge is 0.251 e. The number of carbonyl (C=O) groups is 1. The van der Waals surface area contributed by atoms with Crippen molar-refractivity contribution in [3.8, 4) is 0 Å². The van der Waals surface area contributed by atoms with Gasteiger partial charge in [0.2, 0.25) is 0 Å². The summed E-state index contributed by atoms with van der Waals surface area (Å²) in [4.78, 5) is 12.3. The molecule has 0 bridgehead atoms. The average molecular weight is 273 g/mol. The fourth-order valence-corrected chi connectivity index (χ4v) is 2.92. The van der Waals surface area contributed by atoms with Gasteiger partial charge in [-0.1, -0.05) is 29.8 Å². The average Bonchev–Trinajstić information content (AvgIpc) is 2.36. The van der Waals surface area contributed by atoms with Crippen molar-refractivity contribution in [3.63, 3.8) is 0 Å². The Kier molecular flexibility index (Phi) is 4.29. The van der Waals surface area contributed by atoms with E-state index in [-0.39, 0.29) is 12.5 Å². The number of nitrogens with one attached hydrogen (secondary N) is 1. The molecule has 0 spiro atoms. The van der Waals surface area contributed by atoms with Crippen LogP contribution in [0.2, 0.25) is 0 Å². The lowest BCUT2D eigenvalue weighted by Crippen LogP contribution is -2.42. The van der Waals surface area contributed by atoms with Gasteiger partial charge >= 0.3 is 0 Å². The number of hydrogen-bond acceptors (Lipinski definition) is 2. The van der Waals surface area contributed by atoms with Crippen LogP contribution in [0.15, 0.2) is 24.3 Å². The first-order valence-corrected chi connectivity index (χ1v) is 7.17. The lowest BCUT2D eigenvalue weighted by atomic mass is 9.91. The maximum absolute atomic E-state index is 12.3. The standard InChI is InChI=1S/C17H23NO2/c1-12-9-13(2)15(14(3)10-12)16(19)18-11-17(20)7-5-4-6-8-17/h5,7,9-10,20H,4,6,8,11H2,1-3H3,(H,18,19)/t17-/m0/s1. The van der Waals surface area contributed by atoms with E-state index in [0.29, 0.717) is 6.42 Å². The first-order chi connectivity index (χ1) is 9.41. The molecule has 20 heavy (non-hydrogen) atoms. The molecule has 0 radical (unpaired) electrons. The lowest BCUT2D eigenvalue weighted by Gasteiger charge is -2.27. The van der Waals surface area contributed by atoms with Crippen LogP contribution in [0, 0.1) is 20.8 Å². The van der Waals surface area contributed by atoms with E-state index in [2.05, 4.69) is 5.32 Å². The minimum atomic E-state index is -0.888. The van der Waals surface area contributed by atoms with E-state index in [1.165, 1.54) is 0 Å². The van der Waals surface area contributed by atoms with Gasteiger partial charge < -0.3 is 10.4 Å². The summed E-state index contributed by atoms with van der Waals surface area (Å²) in [6.45, 7) is 6.20. The monoisotopic (exact) mass is 273 g/mol. The maximum Gasteiger partial charge on any atom is 0.251 e. The molecule has 1 aromatic carbocycles. The summed E-state index contributed by atoms with van der Waals surface area (Å²) in [5, 5.41) is 13.2. The van der Waals surface area contributed by atoms with Crippen LogP contribution in [0.5, 0.6) is 0 Å². The van der Waals surface area contributed by atoms with Crippen molar-refractivity contribution in [2.24, 2.45) is 0 Å². The van der Waals surface area contributed by atoms with Crippen molar-refractivity contribution in [3.05, 3.63) is 46.5 Å². The van der Waals surface area contributed by atoms with Crippen LogP contribution in [0.3, 0.4) is 0 Å². The summed E-state index contributed by atoms with van der Waals surface area (Å²) in [5.74, 6) is -0.104. The zero-order chi connectivity index (χ0) is 14.8. The van der Waals surface area contributed by atoms with E-state index in [1.54, 1.807) is 0 Å². The Morgan fingerprint density at radius 3 is 2.50 bits per heavy atom. The molecular weight excluding hydrogens is 250 g/mol. The summed E-state index contributed by atoms with van der Waals surface area (Å²) in [7, 11) is 0. The predicted octanol–water partition coefficient (Wildman–Crippen LogP) is 2.81. The van der Waals surface area contributed by atoms with E-state index in [4.69, 9.17) is 0 Å². The van der Waals surface area contributed by atoms with Crippen molar-refractivity contribution in [1.29, 1.82) is 0 Å². The molecule has 0 aliphatic heterocycles. The van der Waals surface area contributed by atoms with Gasteiger partial charge in [0, 0.05) is 5.56 Å². The first-order valence-electron chi connectivity index (χ1n) is 7.17. The van der Waals surface area contributed by atoms with Crippen LogP contribution in [0.1, 0.15) is 46.3 Å². The normalized spacial score (nSPS) is 21.8. The number of allylic oxidation sites excluding steroid dienone is 1. The molecule has 0 saturated heterocycles. The molecule has 108 valence electrons. The van der Waals surface area contributed by atoms with Crippen molar-refractivity contribution in [1.82, 2.24) is 5.32 Å². The Morgan fingerprint density at radius 2 is 1.95 bits per heavy atom. The molecule has 0 heterocycles. The predicted molar refractivity (Wildman–Crippen MR) is 80.9 cm³/mol. The first kappa shape index (κ1) is 14.8. The number of rotatable bonds is 3. The summed E-state index contributed by atoms with van der Waals surface area (Å²) >= 11 is 0. The van der Waals surface area contributed by atoms with Gasteiger partial charge in [-0.2, -0.15) is 0 Å². The Bertz CT molecular complexity index is 525. The fraction of sp³-hybridized carbons (Fsp3) is 0.471. The molecule has 1 amide bonds. The highest BCUT2D eigenvalue weighted by Gasteiger charge is 2.26. The molecule has 0 saturated carbocycles.